The number of amides is 2. The van der Waals surface area contributed by atoms with E-state index in [-0.39, 0.29) is 17.9 Å². The molecule has 2 aromatic rings. The minimum absolute atomic E-state index is 0.0888. The number of hydrogen-bond donors (Lipinski definition) is 1. The first kappa shape index (κ1) is 19.1. The zero-order chi connectivity index (χ0) is 19.3. The lowest BCUT2D eigenvalue weighted by molar-refractivity contribution is -0.117. The second-order valence-corrected chi connectivity index (χ2v) is 8.06. The third kappa shape index (κ3) is 4.27. The Labute approximate surface area is 169 Å². The summed E-state index contributed by atoms with van der Waals surface area (Å²) in [6, 6.07) is 11.6. The van der Waals surface area contributed by atoms with Gasteiger partial charge in [0, 0.05) is 48.7 Å². The van der Waals surface area contributed by atoms with Crippen LogP contribution in [0.4, 0.5) is 5.69 Å². The largest absolute Gasteiger partial charge is 0.379 e. The van der Waals surface area contributed by atoms with Crippen LogP contribution in [0.3, 0.4) is 0 Å². The standard InChI is InChI=1S/C21H25N3O3S/c25-20-4-1-9-24(20)17-7-5-16(6-8-17)21(26)22-15-18(19-3-2-14-28-19)23-10-12-27-13-11-23/h2-3,5-8,14,18H,1,4,9-13,15H2,(H,22,26)/t18-/m0/s1. The van der Waals surface area contributed by atoms with Gasteiger partial charge in [0.25, 0.3) is 5.91 Å². The quantitative estimate of drug-likeness (QED) is 0.811. The number of ether oxygens (including phenoxy) is 1. The Morgan fingerprint density at radius 2 is 1.93 bits per heavy atom. The number of carbonyl (C=O) groups excluding carboxylic acids is 2. The van der Waals surface area contributed by atoms with E-state index >= 15 is 0 Å². The molecule has 148 valence electrons. The Balaban J connectivity index is 1.40. The number of benzene rings is 1. The maximum atomic E-state index is 12.7. The average molecular weight is 400 g/mol. The molecule has 2 amide bonds. The SMILES string of the molecule is O=C(NC[C@@H](c1cccs1)N1CCOCC1)c1ccc(N2CCCC2=O)cc1. The molecule has 28 heavy (non-hydrogen) atoms. The Morgan fingerprint density at radius 3 is 2.57 bits per heavy atom. The zero-order valence-corrected chi connectivity index (χ0v) is 16.6. The van der Waals surface area contributed by atoms with E-state index in [1.807, 2.05) is 18.2 Å². The molecule has 2 aliphatic heterocycles. The van der Waals surface area contributed by atoms with E-state index in [9.17, 15) is 9.59 Å². The number of nitrogens with one attached hydrogen (secondary N) is 1. The van der Waals surface area contributed by atoms with Gasteiger partial charge < -0.3 is 15.0 Å². The Bertz CT molecular complexity index is 801. The molecule has 2 fully saturated rings. The van der Waals surface area contributed by atoms with Gasteiger partial charge in [-0.25, -0.2) is 0 Å². The van der Waals surface area contributed by atoms with E-state index < -0.39 is 0 Å². The molecule has 7 heteroatoms. The van der Waals surface area contributed by atoms with Crippen LogP contribution in [0.15, 0.2) is 41.8 Å². The fourth-order valence-corrected chi connectivity index (χ4v) is 4.65. The second kappa shape index (κ2) is 8.86. The van der Waals surface area contributed by atoms with Gasteiger partial charge >= 0.3 is 0 Å². The highest BCUT2D eigenvalue weighted by molar-refractivity contribution is 7.10. The molecule has 0 radical (unpaired) electrons. The van der Waals surface area contributed by atoms with E-state index in [0.717, 1.165) is 45.0 Å². The molecule has 2 saturated heterocycles. The molecule has 0 spiro atoms. The minimum Gasteiger partial charge on any atom is -0.379 e. The number of morpholine rings is 1. The molecule has 3 heterocycles. The molecule has 0 aliphatic carbocycles. The number of carbonyl (C=O) groups is 2. The topological polar surface area (TPSA) is 61.9 Å². The van der Waals surface area contributed by atoms with E-state index in [4.69, 9.17) is 4.74 Å². The lowest BCUT2D eigenvalue weighted by atomic mass is 10.1. The van der Waals surface area contributed by atoms with Gasteiger partial charge in [0.05, 0.1) is 19.3 Å². The van der Waals surface area contributed by atoms with E-state index in [1.165, 1.54) is 4.88 Å². The highest BCUT2D eigenvalue weighted by Gasteiger charge is 2.25. The van der Waals surface area contributed by atoms with E-state index in [1.54, 1.807) is 28.4 Å². The summed E-state index contributed by atoms with van der Waals surface area (Å²) in [5.41, 5.74) is 1.48. The molecule has 0 bridgehead atoms. The lowest BCUT2D eigenvalue weighted by Crippen LogP contribution is -2.43. The number of anilines is 1. The van der Waals surface area contributed by atoms with Crippen LogP contribution in [0.2, 0.25) is 0 Å². The summed E-state index contributed by atoms with van der Waals surface area (Å²) in [5, 5.41) is 5.16. The Kier molecular flexibility index (Phi) is 6.04. The van der Waals surface area contributed by atoms with Gasteiger partial charge in [-0.3, -0.25) is 14.5 Å². The fraction of sp³-hybridized carbons (Fsp3) is 0.429. The first-order valence-corrected chi connectivity index (χ1v) is 10.6. The van der Waals surface area contributed by atoms with Crippen molar-refractivity contribution in [3.8, 4) is 0 Å². The molecule has 2 aliphatic rings. The Hall–Kier alpha value is -2.22. The molecule has 1 aromatic heterocycles. The number of hydrogen-bond acceptors (Lipinski definition) is 5. The van der Waals surface area contributed by atoms with Crippen LogP contribution < -0.4 is 10.2 Å². The highest BCUT2D eigenvalue weighted by Crippen LogP contribution is 2.26. The summed E-state index contributed by atoms with van der Waals surface area (Å²) < 4.78 is 5.47. The summed E-state index contributed by atoms with van der Waals surface area (Å²) in [7, 11) is 0. The van der Waals surface area contributed by atoms with Crippen molar-refractivity contribution < 1.29 is 14.3 Å². The van der Waals surface area contributed by atoms with Gasteiger partial charge in [-0.2, -0.15) is 0 Å². The molecular formula is C21H25N3O3S. The predicted molar refractivity (Wildman–Crippen MR) is 110 cm³/mol. The lowest BCUT2D eigenvalue weighted by Gasteiger charge is -2.34. The van der Waals surface area contributed by atoms with E-state index in [0.29, 0.717) is 18.5 Å². The highest BCUT2D eigenvalue weighted by atomic mass is 32.1. The van der Waals surface area contributed by atoms with Crippen molar-refractivity contribution in [2.75, 3.05) is 44.3 Å². The van der Waals surface area contributed by atoms with Crippen LogP contribution in [0, 0.1) is 0 Å². The second-order valence-electron chi connectivity index (χ2n) is 7.09. The Morgan fingerprint density at radius 1 is 1.14 bits per heavy atom. The van der Waals surface area contributed by atoms with Crippen molar-refractivity contribution in [2.24, 2.45) is 0 Å². The molecule has 1 aromatic carbocycles. The van der Waals surface area contributed by atoms with E-state index in [2.05, 4.69) is 21.7 Å². The van der Waals surface area contributed by atoms with Crippen LogP contribution >= 0.6 is 11.3 Å². The molecule has 0 unspecified atom stereocenters. The molecule has 6 nitrogen and oxygen atoms in total. The molecule has 1 N–H and O–H groups in total. The van der Waals surface area contributed by atoms with Crippen molar-refractivity contribution in [1.29, 1.82) is 0 Å². The third-order valence-electron chi connectivity index (χ3n) is 5.33. The third-order valence-corrected chi connectivity index (χ3v) is 6.30. The number of nitrogens with zero attached hydrogens (tertiary/aromatic N) is 2. The van der Waals surface area contributed by atoms with Crippen LogP contribution in [0.1, 0.15) is 34.1 Å². The maximum absolute atomic E-state index is 12.7. The van der Waals surface area contributed by atoms with Crippen molar-refractivity contribution in [2.45, 2.75) is 18.9 Å². The monoisotopic (exact) mass is 399 g/mol. The summed E-state index contributed by atoms with van der Waals surface area (Å²) >= 11 is 1.72. The predicted octanol–water partition coefficient (Wildman–Crippen LogP) is 2.68. The van der Waals surface area contributed by atoms with Crippen molar-refractivity contribution in [3.63, 3.8) is 0 Å². The molecule has 1 atom stereocenters. The van der Waals surface area contributed by atoms with Crippen LogP contribution in [0.25, 0.3) is 0 Å². The van der Waals surface area contributed by atoms with Crippen molar-refractivity contribution in [1.82, 2.24) is 10.2 Å². The van der Waals surface area contributed by atoms with Gasteiger partial charge in [0.15, 0.2) is 0 Å². The van der Waals surface area contributed by atoms with Gasteiger partial charge in [-0.05, 0) is 42.1 Å². The molecule has 0 saturated carbocycles. The van der Waals surface area contributed by atoms with Gasteiger partial charge in [-0.15, -0.1) is 11.3 Å². The zero-order valence-electron chi connectivity index (χ0n) is 15.8. The fourth-order valence-electron chi connectivity index (χ4n) is 3.78. The summed E-state index contributed by atoms with van der Waals surface area (Å²) in [6.45, 7) is 4.52. The summed E-state index contributed by atoms with van der Waals surface area (Å²) in [6.07, 6.45) is 1.50. The van der Waals surface area contributed by atoms with Crippen LogP contribution in [-0.2, 0) is 9.53 Å². The van der Waals surface area contributed by atoms with Crippen molar-refractivity contribution >= 4 is 28.8 Å². The van der Waals surface area contributed by atoms with Crippen LogP contribution in [-0.4, -0.2) is 56.1 Å². The smallest absolute Gasteiger partial charge is 0.251 e. The maximum Gasteiger partial charge on any atom is 0.251 e. The first-order valence-electron chi connectivity index (χ1n) is 9.76. The minimum atomic E-state index is -0.0888. The van der Waals surface area contributed by atoms with Gasteiger partial charge in [-0.1, -0.05) is 6.07 Å². The first-order chi connectivity index (χ1) is 13.7. The van der Waals surface area contributed by atoms with Gasteiger partial charge in [0.1, 0.15) is 0 Å². The molecular weight excluding hydrogens is 374 g/mol. The van der Waals surface area contributed by atoms with Gasteiger partial charge in [0.2, 0.25) is 5.91 Å². The number of rotatable bonds is 6. The summed E-state index contributed by atoms with van der Waals surface area (Å²) in [5.74, 6) is 0.0654. The van der Waals surface area contributed by atoms with Crippen molar-refractivity contribution in [3.05, 3.63) is 52.2 Å². The molecule has 4 rings (SSSR count). The number of thiophene rings is 1. The van der Waals surface area contributed by atoms with Crippen LogP contribution in [0.5, 0.6) is 0 Å². The normalized spacial score (nSPS) is 19.0. The summed E-state index contributed by atoms with van der Waals surface area (Å²) in [4.78, 5) is 29.9. The average Bonchev–Trinajstić information content (AvgIpc) is 3.41.